The molecular formula is C23H17NO8. The van der Waals surface area contributed by atoms with E-state index in [-0.39, 0.29) is 22.6 Å². The maximum atomic E-state index is 12.3. The number of nitro groups is 1. The molecule has 0 fully saturated rings. The van der Waals surface area contributed by atoms with Crippen LogP contribution in [-0.4, -0.2) is 36.4 Å². The number of Topliss-reactive ketones (excluding diaryl/α,β-unsaturated/α-hetero) is 1. The summed E-state index contributed by atoms with van der Waals surface area (Å²) in [5, 5.41) is 10.8. The van der Waals surface area contributed by atoms with Crippen molar-refractivity contribution in [1.82, 2.24) is 0 Å². The summed E-state index contributed by atoms with van der Waals surface area (Å²) in [6, 6.07) is 17.2. The van der Waals surface area contributed by atoms with Crippen molar-refractivity contribution in [2.75, 3.05) is 13.7 Å². The normalized spacial score (nSPS) is 10.2. The van der Waals surface area contributed by atoms with Gasteiger partial charge >= 0.3 is 11.9 Å². The number of carbonyl (C=O) groups is 3. The molecule has 9 nitrogen and oxygen atoms in total. The largest absolute Gasteiger partial charge is 0.497 e. The summed E-state index contributed by atoms with van der Waals surface area (Å²) in [5.41, 5.74) is 0.243. The molecule has 3 aromatic carbocycles. The molecule has 0 bridgehead atoms. The summed E-state index contributed by atoms with van der Waals surface area (Å²) < 4.78 is 15.3. The third-order valence-corrected chi connectivity index (χ3v) is 4.32. The molecule has 0 amide bonds. The number of methoxy groups -OCH3 is 1. The number of hydrogen-bond acceptors (Lipinski definition) is 8. The van der Waals surface area contributed by atoms with Crippen molar-refractivity contribution in [2.45, 2.75) is 0 Å². The molecule has 0 aromatic heterocycles. The van der Waals surface area contributed by atoms with Gasteiger partial charge in [0.15, 0.2) is 12.4 Å². The average Bonchev–Trinajstić information content (AvgIpc) is 2.82. The monoisotopic (exact) mass is 435 g/mol. The van der Waals surface area contributed by atoms with E-state index in [4.69, 9.17) is 14.2 Å². The molecule has 0 atom stereocenters. The van der Waals surface area contributed by atoms with Gasteiger partial charge in [-0.1, -0.05) is 12.1 Å². The van der Waals surface area contributed by atoms with Crippen molar-refractivity contribution in [3.8, 4) is 11.5 Å². The molecule has 9 heteroatoms. The topological polar surface area (TPSA) is 122 Å². The molecule has 0 saturated carbocycles. The zero-order valence-corrected chi connectivity index (χ0v) is 16.8. The number of nitro benzene ring substituents is 1. The van der Waals surface area contributed by atoms with E-state index in [0.717, 1.165) is 6.07 Å². The van der Waals surface area contributed by atoms with E-state index in [1.165, 1.54) is 55.6 Å². The van der Waals surface area contributed by atoms with Crippen molar-refractivity contribution in [1.29, 1.82) is 0 Å². The molecule has 0 N–H and O–H groups in total. The summed E-state index contributed by atoms with van der Waals surface area (Å²) in [6.45, 7) is -0.551. The molecule has 0 aliphatic carbocycles. The van der Waals surface area contributed by atoms with Crippen LogP contribution in [0, 0.1) is 10.1 Å². The second kappa shape index (κ2) is 9.98. The highest BCUT2D eigenvalue weighted by molar-refractivity contribution is 5.99. The number of hydrogen-bond donors (Lipinski definition) is 0. The van der Waals surface area contributed by atoms with Crippen LogP contribution in [0.5, 0.6) is 11.5 Å². The number of nitrogens with zero attached hydrogens (tertiary/aromatic N) is 1. The fraction of sp³-hybridized carbons (Fsp3) is 0.0870. The summed E-state index contributed by atoms with van der Waals surface area (Å²) in [5.74, 6) is -1.20. The van der Waals surface area contributed by atoms with E-state index in [1.54, 1.807) is 18.2 Å². The van der Waals surface area contributed by atoms with E-state index >= 15 is 0 Å². The molecule has 0 aliphatic rings. The predicted molar refractivity (Wildman–Crippen MR) is 112 cm³/mol. The minimum atomic E-state index is -0.856. The number of esters is 2. The Morgan fingerprint density at radius 1 is 0.812 bits per heavy atom. The van der Waals surface area contributed by atoms with Gasteiger partial charge in [-0.25, -0.2) is 9.59 Å². The molecule has 0 unspecified atom stereocenters. The number of rotatable bonds is 8. The first-order valence-corrected chi connectivity index (χ1v) is 9.28. The average molecular weight is 435 g/mol. The smallest absolute Gasteiger partial charge is 0.343 e. The number of carbonyl (C=O) groups excluding carboxylic acids is 3. The lowest BCUT2D eigenvalue weighted by molar-refractivity contribution is -0.384. The van der Waals surface area contributed by atoms with Crippen LogP contribution in [0.1, 0.15) is 31.1 Å². The Bertz CT molecular complexity index is 1170. The van der Waals surface area contributed by atoms with E-state index < -0.39 is 29.3 Å². The Balaban J connectivity index is 1.57. The van der Waals surface area contributed by atoms with E-state index in [0.29, 0.717) is 11.3 Å². The molecule has 0 heterocycles. The zero-order chi connectivity index (χ0) is 23.1. The van der Waals surface area contributed by atoms with Gasteiger partial charge < -0.3 is 14.2 Å². The minimum Gasteiger partial charge on any atom is -0.497 e. The van der Waals surface area contributed by atoms with Crippen molar-refractivity contribution in [2.24, 2.45) is 0 Å². The van der Waals surface area contributed by atoms with Crippen molar-refractivity contribution in [3.63, 3.8) is 0 Å². The lowest BCUT2D eigenvalue weighted by Gasteiger charge is -2.07. The summed E-state index contributed by atoms with van der Waals surface area (Å²) in [7, 11) is 1.49. The van der Waals surface area contributed by atoms with Crippen LogP contribution < -0.4 is 9.47 Å². The van der Waals surface area contributed by atoms with Crippen molar-refractivity contribution >= 4 is 23.4 Å². The standard InChI is InChI=1S/C23H17NO8/c1-30-20-7-3-5-17(13-20)23(27)32-19-10-8-15(9-11-19)21(25)14-31-22(26)16-4-2-6-18(12-16)24(28)29/h2-13H,14H2,1H3. The summed E-state index contributed by atoms with van der Waals surface area (Å²) >= 11 is 0. The predicted octanol–water partition coefficient (Wildman–Crippen LogP) is 3.86. The van der Waals surface area contributed by atoms with Gasteiger partial charge in [-0.05, 0) is 48.5 Å². The molecule has 0 saturated heterocycles. The SMILES string of the molecule is COc1cccc(C(=O)Oc2ccc(C(=O)COC(=O)c3cccc([N+](=O)[O-])c3)cc2)c1. The quantitative estimate of drug-likeness (QED) is 0.172. The van der Waals surface area contributed by atoms with Crippen LogP contribution in [0.2, 0.25) is 0 Å². The second-order valence-corrected chi connectivity index (χ2v) is 6.45. The second-order valence-electron chi connectivity index (χ2n) is 6.45. The highest BCUT2D eigenvalue weighted by Crippen LogP contribution is 2.18. The van der Waals surface area contributed by atoms with Gasteiger partial charge in [0.25, 0.3) is 5.69 Å². The van der Waals surface area contributed by atoms with Gasteiger partial charge in [0, 0.05) is 17.7 Å². The third-order valence-electron chi connectivity index (χ3n) is 4.32. The fourth-order valence-electron chi connectivity index (χ4n) is 2.67. The van der Waals surface area contributed by atoms with Gasteiger partial charge in [-0.2, -0.15) is 0 Å². The lowest BCUT2D eigenvalue weighted by atomic mass is 10.1. The molecule has 0 spiro atoms. The fourth-order valence-corrected chi connectivity index (χ4v) is 2.67. The van der Waals surface area contributed by atoms with Gasteiger partial charge in [-0.15, -0.1) is 0 Å². The Hall–Kier alpha value is -4.53. The Morgan fingerprint density at radius 2 is 1.47 bits per heavy atom. The van der Waals surface area contributed by atoms with Crippen LogP contribution >= 0.6 is 0 Å². The summed E-state index contributed by atoms with van der Waals surface area (Å²) in [4.78, 5) is 46.7. The van der Waals surface area contributed by atoms with Crippen LogP contribution in [0.15, 0.2) is 72.8 Å². The number of ether oxygens (including phenoxy) is 3. The molecule has 32 heavy (non-hydrogen) atoms. The van der Waals surface area contributed by atoms with Gasteiger partial charge in [0.1, 0.15) is 11.5 Å². The maximum Gasteiger partial charge on any atom is 0.343 e. The van der Waals surface area contributed by atoms with Gasteiger partial charge in [-0.3, -0.25) is 14.9 Å². The molecule has 162 valence electrons. The summed E-state index contributed by atoms with van der Waals surface area (Å²) in [6.07, 6.45) is 0. The van der Waals surface area contributed by atoms with Gasteiger partial charge in [0.2, 0.25) is 0 Å². The zero-order valence-electron chi connectivity index (χ0n) is 16.8. The van der Waals surface area contributed by atoms with Crippen LogP contribution in [0.3, 0.4) is 0 Å². The van der Waals surface area contributed by atoms with E-state index in [1.807, 2.05) is 0 Å². The molecular weight excluding hydrogens is 418 g/mol. The van der Waals surface area contributed by atoms with Crippen LogP contribution in [-0.2, 0) is 4.74 Å². The first-order valence-electron chi connectivity index (χ1n) is 9.28. The first kappa shape index (κ1) is 22.2. The third kappa shape index (κ3) is 5.54. The van der Waals surface area contributed by atoms with Crippen molar-refractivity contribution in [3.05, 3.63) is 99.6 Å². The molecule has 0 aliphatic heterocycles. The highest BCUT2D eigenvalue weighted by atomic mass is 16.6. The number of benzene rings is 3. The van der Waals surface area contributed by atoms with E-state index in [2.05, 4.69) is 0 Å². The Morgan fingerprint density at radius 3 is 2.12 bits per heavy atom. The Kier molecular flexibility index (Phi) is 6.92. The minimum absolute atomic E-state index is 0.0354. The molecule has 3 rings (SSSR count). The number of non-ortho nitro benzene ring substituents is 1. The first-order chi connectivity index (χ1) is 15.4. The van der Waals surface area contributed by atoms with Crippen LogP contribution in [0.25, 0.3) is 0 Å². The van der Waals surface area contributed by atoms with Crippen molar-refractivity contribution < 1.29 is 33.5 Å². The van der Waals surface area contributed by atoms with Crippen LogP contribution in [0.4, 0.5) is 5.69 Å². The number of ketones is 1. The van der Waals surface area contributed by atoms with E-state index in [9.17, 15) is 24.5 Å². The van der Waals surface area contributed by atoms with Gasteiger partial charge in [0.05, 0.1) is 23.2 Å². The molecule has 3 aromatic rings. The lowest BCUT2D eigenvalue weighted by Crippen LogP contribution is -2.14. The maximum absolute atomic E-state index is 12.3. The Labute approximate surface area is 182 Å². The molecule has 0 radical (unpaired) electrons. The highest BCUT2D eigenvalue weighted by Gasteiger charge is 2.16.